The van der Waals surface area contributed by atoms with E-state index in [-0.39, 0.29) is 20.1 Å². The maximum absolute atomic E-state index is 6.14. The number of aryl methyl sites for hydroxylation is 1. The minimum Gasteiger partial charge on any atom is -0.486 e. The monoisotopic (exact) mass is 725 g/mol. The van der Waals surface area contributed by atoms with Gasteiger partial charge < -0.3 is 14.0 Å². The van der Waals surface area contributed by atoms with Crippen molar-refractivity contribution in [1.82, 2.24) is 40.1 Å². The van der Waals surface area contributed by atoms with Gasteiger partial charge in [-0.05, 0) is 53.4 Å². The summed E-state index contributed by atoms with van der Waals surface area (Å²) in [6, 6.07) is 37.7. The number of fused-ring (bicyclic) bond motifs is 4. The van der Waals surface area contributed by atoms with Crippen LogP contribution in [0.5, 0.6) is 0 Å². The molecule has 5 heterocycles. The third kappa shape index (κ3) is 5.05. The summed E-state index contributed by atoms with van der Waals surface area (Å²) in [6.45, 7) is 1.94. The number of hydrogen-bond donors (Lipinski definition) is 0. The summed E-state index contributed by atoms with van der Waals surface area (Å²) in [6.07, 6.45) is 1.79. The predicted molar refractivity (Wildman–Crippen MR) is 155 cm³/mol. The summed E-state index contributed by atoms with van der Waals surface area (Å²) in [4.78, 5) is 13.4. The molecule has 42 heavy (non-hydrogen) atoms. The molecule has 0 aliphatic carbocycles. The average Bonchev–Trinajstić information content (AvgIpc) is 3.61. The van der Waals surface area contributed by atoms with Crippen LogP contribution in [0.15, 0.2) is 108 Å². The molecule has 0 aliphatic rings. The zero-order valence-electron chi connectivity index (χ0n) is 22.1. The molecule has 0 bridgehead atoms. The van der Waals surface area contributed by atoms with Crippen LogP contribution in [-0.4, -0.2) is 40.1 Å². The first kappa shape index (κ1) is 27.0. The molecule has 0 atom stereocenters. The summed E-state index contributed by atoms with van der Waals surface area (Å²) in [7, 11) is 0. The van der Waals surface area contributed by atoms with Crippen molar-refractivity contribution < 1.29 is 24.5 Å². The minimum atomic E-state index is 0. The van der Waals surface area contributed by atoms with E-state index in [2.05, 4.69) is 47.7 Å². The number of benzene rings is 3. The molecule has 3 aromatic carbocycles. The quantitative estimate of drug-likeness (QED) is 0.198. The van der Waals surface area contributed by atoms with Gasteiger partial charge in [0.15, 0.2) is 0 Å². The van der Waals surface area contributed by atoms with Gasteiger partial charge in [-0.15, -0.1) is 64.3 Å². The first-order valence-corrected chi connectivity index (χ1v) is 12.9. The fraction of sp³-hybridized carbons (Fsp3) is 0.0312. The molecule has 0 N–H and O–H groups in total. The number of hydrogen-bond acceptors (Lipinski definition) is 8. The van der Waals surface area contributed by atoms with E-state index in [4.69, 9.17) is 4.42 Å². The number of rotatable bonds is 3. The predicted octanol–water partition coefficient (Wildman–Crippen LogP) is 6.22. The zero-order chi connectivity index (χ0) is 27.6. The molecule has 0 aliphatic heterocycles. The molecule has 0 fully saturated rings. The van der Waals surface area contributed by atoms with Gasteiger partial charge in [0.25, 0.3) is 0 Å². The molecule has 8 aromatic rings. The van der Waals surface area contributed by atoms with Gasteiger partial charge in [-0.3, -0.25) is 4.98 Å². The van der Waals surface area contributed by atoms with Crippen molar-refractivity contribution in [2.45, 2.75) is 6.92 Å². The fourth-order valence-corrected chi connectivity index (χ4v) is 4.63. The van der Waals surface area contributed by atoms with Crippen molar-refractivity contribution in [2.24, 2.45) is 0 Å². The topological polar surface area (TPSA) is 108 Å². The van der Waals surface area contributed by atoms with Gasteiger partial charge in [0.2, 0.25) is 17.0 Å². The number of furan rings is 1. The van der Waals surface area contributed by atoms with Crippen molar-refractivity contribution in [3.05, 3.63) is 121 Å². The molecule has 8 rings (SSSR count). The third-order valence-electron chi connectivity index (χ3n) is 6.48. The van der Waals surface area contributed by atoms with Crippen LogP contribution in [0.4, 0.5) is 0 Å². The molecule has 1 radical (unpaired) electrons. The molecule has 205 valence electrons. The van der Waals surface area contributed by atoms with E-state index in [1.54, 1.807) is 6.20 Å². The maximum atomic E-state index is 6.14. The van der Waals surface area contributed by atoms with Crippen LogP contribution in [0.1, 0.15) is 5.69 Å². The van der Waals surface area contributed by atoms with Gasteiger partial charge in [-0.25, -0.2) is 4.98 Å². The summed E-state index contributed by atoms with van der Waals surface area (Å²) in [5.41, 5.74) is 6.63. The normalized spacial score (nSPS) is 10.8. The number of pyridine rings is 2. The summed E-state index contributed by atoms with van der Waals surface area (Å²) in [5, 5.41) is 17.4. The van der Waals surface area contributed by atoms with Gasteiger partial charge in [0.1, 0.15) is 0 Å². The molecular formula is C32H20IrN8O-2. The Labute approximate surface area is 253 Å². The van der Waals surface area contributed by atoms with Crippen molar-refractivity contribution in [3.63, 3.8) is 0 Å². The molecule has 10 heteroatoms. The Morgan fingerprint density at radius 1 is 0.738 bits per heavy atom. The molecular weight excluding hydrogens is 705 g/mol. The molecule has 0 saturated carbocycles. The van der Waals surface area contributed by atoms with Crippen molar-refractivity contribution >= 4 is 33.4 Å². The first-order valence-electron chi connectivity index (χ1n) is 12.9. The van der Waals surface area contributed by atoms with Crippen molar-refractivity contribution in [1.29, 1.82) is 0 Å². The van der Waals surface area contributed by atoms with Crippen LogP contribution in [0.25, 0.3) is 61.7 Å². The largest absolute Gasteiger partial charge is 0.486 e. The van der Waals surface area contributed by atoms with Crippen LogP contribution in [-0.2, 0) is 20.1 Å². The maximum Gasteiger partial charge on any atom is 0.216 e. The SMILES string of the molecule is Cc1ccc2c(n1)oc1c(-c3nc4nnnnc4n3-c3ccccc3)[c-]ccc12.[Ir].[c-]1ccccc1-c1ccccn1. The third-order valence-corrected chi connectivity index (χ3v) is 6.48. The standard InChI is InChI=1S/C21H12N7O.C11H8N.Ir/c1-12-10-11-15-14-8-5-9-16(17(14)29-21(15)22-12)19-23-18-20(25-27-26-24-18)28(19)13-6-3-2-4-7-13;1-2-6-10(7-3-1)11-8-4-5-9-12-11;/h2-8,10-11H,1H3;1-6,8-9H;/q2*-1;. The number of imidazole rings is 1. The Morgan fingerprint density at radius 3 is 2.38 bits per heavy atom. The molecule has 0 spiro atoms. The van der Waals surface area contributed by atoms with Crippen LogP contribution in [0.2, 0.25) is 0 Å². The Bertz CT molecular complexity index is 2080. The molecule has 5 aromatic heterocycles. The Kier molecular flexibility index (Phi) is 7.55. The van der Waals surface area contributed by atoms with Gasteiger partial charge in [0, 0.05) is 43.1 Å². The van der Waals surface area contributed by atoms with Gasteiger partial charge >= 0.3 is 0 Å². The van der Waals surface area contributed by atoms with Crippen molar-refractivity contribution in [3.8, 4) is 28.3 Å². The zero-order valence-corrected chi connectivity index (χ0v) is 24.5. The molecule has 0 saturated heterocycles. The van der Waals surface area contributed by atoms with Crippen LogP contribution >= 0.6 is 0 Å². The van der Waals surface area contributed by atoms with E-state index >= 15 is 0 Å². The molecule has 9 nitrogen and oxygen atoms in total. The number of para-hydroxylation sites is 1. The van der Waals surface area contributed by atoms with E-state index in [1.165, 1.54) is 0 Å². The van der Waals surface area contributed by atoms with E-state index < -0.39 is 0 Å². The fourth-order valence-electron chi connectivity index (χ4n) is 4.63. The van der Waals surface area contributed by atoms with Crippen molar-refractivity contribution in [2.75, 3.05) is 0 Å². The van der Waals surface area contributed by atoms with Crippen LogP contribution in [0, 0.1) is 19.1 Å². The minimum absolute atomic E-state index is 0. The summed E-state index contributed by atoms with van der Waals surface area (Å²) >= 11 is 0. The van der Waals surface area contributed by atoms with E-state index in [1.807, 2.05) is 109 Å². The molecule has 0 amide bonds. The summed E-state index contributed by atoms with van der Waals surface area (Å²) < 4.78 is 8.02. The number of aromatic nitrogens is 8. The van der Waals surface area contributed by atoms with E-state index in [0.29, 0.717) is 34.0 Å². The van der Waals surface area contributed by atoms with E-state index in [0.717, 1.165) is 33.4 Å². The van der Waals surface area contributed by atoms with Gasteiger partial charge in [-0.1, -0.05) is 41.3 Å². The Balaban J connectivity index is 0.000000205. The Hall–Kier alpha value is -5.18. The van der Waals surface area contributed by atoms with Crippen LogP contribution < -0.4 is 0 Å². The summed E-state index contributed by atoms with van der Waals surface area (Å²) in [5.74, 6) is 0.599. The first-order chi connectivity index (χ1) is 20.3. The number of nitrogens with zero attached hydrogens (tertiary/aromatic N) is 8. The Morgan fingerprint density at radius 2 is 1.57 bits per heavy atom. The smallest absolute Gasteiger partial charge is 0.216 e. The second-order valence-electron chi connectivity index (χ2n) is 9.13. The van der Waals surface area contributed by atoms with Gasteiger partial charge in [0.05, 0.1) is 11.4 Å². The van der Waals surface area contributed by atoms with E-state index in [9.17, 15) is 0 Å². The van der Waals surface area contributed by atoms with Crippen LogP contribution in [0.3, 0.4) is 0 Å². The van der Waals surface area contributed by atoms with Gasteiger partial charge in [-0.2, -0.15) is 0 Å². The molecule has 0 unspecified atom stereocenters. The average molecular weight is 725 g/mol. The second-order valence-corrected chi connectivity index (χ2v) is 9.13. The second kappa shape index (κ2) is 11.7.